The predicted molar refractivity (Wildman–Crippen MR) is 47.2 cm³/mol. The van der Waals surface area contributed by atoms with E-state index < -0.39 is 5.41 Å². The highest BCUT2D eigenvalue weighted by Crippen LogP contribution is 2.26. The minimum absolute atomic E-state index is 0.0982. The Bertz CT molecular complexity index is 363. The second kappa shape index (κ2) is 2.45. The van der Waals surface area contributed by atoms with Crippen molar-refractivity contribution < 1.29 is 9.21 Å². The fraction of sp³-hybridized carbons (Fsp3) is 0.333. The second-order valence-corrected chi connectivity index (χ2v) is 3.50. The molecule has 0 bridgehead atoms. The standard InChI is InChI=1S/C9H10N2O2/c1-9(2)7(10-11-8(9)12)6-4-3-5-13-6/h3-5H,1-2H3,(H,11,12). The van der Waals surface area contributed by atoms with Crippen molar-refractivity contribution in [1.82, 2.24) is 5.43 Å². The Hall–Kier alpha value is -1.58. The smallest absolute Gasteiger partial charge is 0.251 e. The van der Waals surface area contributed by atoms with E-state index in [1.54, 1.807) is 18.4 Å². The van der Waals surface area contributed by atoms with Gasteiger partial charge in [-0.2, -0.15) is 5.10 Å². The van der Waals surface area contributed by atoms with E-state index in [4.69, 9.17) is 4.42 Å². The third-order valence-electron chi connectivity index (χ3n) is 2.18. The Morgan fingerprint density at radius 1 is 1.54 bits per heavy atom. The number of furan rings is 1. The first-order chi connectivity index (χ1) is 6.12. The molecule has 0 aliphatic carbocycles. The van der Waals surface area contributed by atoms with E-state index in [0.29, 0.717) is 11.5 Å². The van der Waals surface area contributed by atoms with Crippen LogP contribution in [0.1, 0.15) is 19.6 Å². The summed E-state index contributed by atoms with van der Waals surface area (Å²) in [6.07, 6.45) is 1.57. The molecule has 0 atom stereocenters. The van der Waals surface area contributed by atoms with Gasteiger partial charge in [0.15, 0.2) is 5.76 Å². The fourth-order valence-corrected chi connectivity index (χ4v) is 1.27. The van der Waals surface area contributed by atoms with Crippen LogP contribution in [0.5, 0.6) is 0 Å². The molecule has 0 spiro atoms. The average molecular weight is 178 g/mol. The van der Waals surface area contributed by atoms with Crippen LogP contribution in [0.2, 0.25) is 0 Å². The van der Waals surface area contributed by atoms with Crippen molar-refractivity contribution in [2.75, 3.05) is 0 Å². The molecule has 1 aliphatic rings. The molecule has 0 unspecified atom stereocenters. The molecule has 1 aliphatic heterocycles. The molecule has 68 valence electrons. The van der Waals surface area contributed by atoms with Crippen molar-refractivity contribution >= 4 is 11.6 Å². The van der Waals surface area contributed by atoms with Crippen LogP contribution in [-0.2, 0) is 4.79 Å². The van der Waals surface area contributed by atoms with Gasteiger partial charge < -0.3 is 4.42 Å². The molecule has 13 heavy (non-hydrogen) atoms. The number of rotatable bonds is 1. The van der Waals surface area contributed by atoms with E-state index in [-0.39, 0.29) is 5.91 Å². The molecule has 1 aromatic rings. The molecular weight excluding hydrogens is 168 g/mol. The van der Waals surface area contributed by atoms with Crippen molar-refractivity contribution in [1.29, 1.82) is 0 Å². The van der Waals surface area contributed by atoms with Gasteiger partial charge >= 0.3 is 0 Å². The average Bonchev–Trinajstić information content (AvgIpc) is 2.62. The highest BCUT2D eigenvalue weighted by molar-refractivity contribution is 6.17. The molecule has 0 aromatic carbocycles. The summed E-state index contributed by atoms with van der Waals surface area (Å²) in [6.45, 7) is 3.63. The molecule has 2 heterocycles. The molecule has 4 nitrogen and oxygen atoms in total. The minimum Gasteiger partial charge on any atom is -0.463 e. The lowest BCUT2D eigenvalue weighted by atomic mass is 9.86. The molecule has 0 saturated carbocycles. The van der Waals surface area contributed by atoms with Crippen LogP contribution in [0, 0.1) is 5.41 Å². The highest BCUT2D eigenvalue weighted by Gasteiger charge is 2.40. The Labute approximate surface area is 75.6 Å². The number of nitrogens with one attached hydrogen (secondary N) is 1. The normalized spacial score (nSPS) is 19.8. The zero-order valence-electron chi connectivity index (χ0n) is 7.50. The van der Waals surface area contributed by atoms with Gasteiger partial charge in [-0.15, -0.1) is 0 Å². The number of nitrogens with zero attached hydrogens (tertiary/aromatic N) is 1. The zero-order valence-corrected chi connectivity index (χ0v) is 7.50. The molecule has 0 fully saturated rings. The van der Waals surface area contributed by atoms with Gasteiger partial charge in [-0.25, -0.2) is 5.43 Å². The summed E-state index contributed by atoms with van der Waals surface area (Å²) in [5.74, 6) is 0.544. The predicted octanol–water partition coefficient (Wildman–Crippen LogP) is 1.14. The number of hydrazone groups is 1. The van der Waals surface area contributed by atoms with E-state index in [9.17, 15) is 4.79 Å². The summed E-state index contributed by atoms with van der Waals surface area (Å²) < 4.78 is 5.18. The fourth-order valence-electron chi connectivity index (χ4n) is 1.27. The Morgan fingerprint density at radius 3 is 2.77 bits per heavy atom. The monoisotopic (exact) mass is 178 g/mol. The molecule has 0 radical (unpaired) electrons. The van der Waals surface area contributed by atoms with Gasteiger partial charge in [0.1, 0.15) is 5.71 Å². The van der Waals surface area contributed by atoms with E-state index in [1.165, 1.54) is 0 Å². The van der Waals surface area contributed by atoms with Gasteiger partial charge in [-0.1, -0.05) is 0 Å². The van der Waals surface area contributed by atoms with Crippen LogP contribution in [0.25, 0.3) is 0 Å². The molecule has 1 aromatic heterocycles. The summed E-state index contributed by atoms with van der Waals surface area (Å²) in [5, 5.41) is 3.94. The van der Waals surface area contributed by atoms with E-state index >= 15 is 0 Å². The third-order valence-corrected chi connectivity index (χ3v) is 2.18. The zero-order chi connectivity index (χ0) is 9.47. The first-order valence-corrected chi connectivity index (χ1v) is 4.05. The van der Waals surface area contributed by atoms with E-state index in [1.807, 2.05) is 13.8 Å². The van der Waals surface area contributed by atoms with Crippen LogP contribution in [0.4, 0.5) is 0 Å². The van der Waals surface area contributed by atoms with Crippen molar-refractivity contribution in [3.8, 4) is 0 Å². The quantitative estimate of drug-likeness (QED) is 0.701. The Kier molecular flexibility index (Phi) is 1.52. The molecule has 4 heteroatoms. The molecule has 1 N–H and O–H groups in total. The largest absolute Gasteiger partial charge is 0.463 e. The van der Waals surface area contributed by atoms with Gasteiger partial charge in [0.05, 0.1) is 11.7 Å². The maximum atomic E-state index is 11.3. The lowest BCUT2D eigenvalue weighted by Gasteiger charge is -2.14. The summed E-state index contributed by atoms with van der Waals surface area (Å²) >= 11 is 0. The van der Waals surface area contributed by atoms with Crippen molar-refractivity contribution in [2.45, 2.75) is 13.8 Å². The number of carbonyl (C=O) groups is 1. The first kappa shape index (κ1) is 8.04. The Morgan fingerprint density at radius 2 is 2.31 bits per heavy atom. The van der Waals surface area contributed by atoms with Crippen LogP contribution >= 0.6 is 0 Å². The topological polar surface area (TPSA) is 54.6 Å². The summed E-state index contributed by atoms with van der Waals surface area (Å²) in [6, 6.07) is 3.57. The Balaban J connectivity index is 2.42. The summed E-state index contributed by atoms with van der Waals surface area (Å²) in [5.41, 5.74) is 2.49. The van der Waals surface area contributed by atoms with Crippen LogP contribution in [0.3, 0.4) is 0 Å². The van der Waals surface area contributed by atoms with Gasteiger partial charge in [-0.05, 0) is 26.0 Å². The molecule has 1 amide bonds. The van der Waals surface area contributed by atoms with Gasteiger partial charge in [0.2, 0.25) is 0 Å². The second-order valence-electron chi connectivity index (χ2n) is 3.50. The van der Waals surface area contributed by atoms with Crippen molar-refractivity contribution in [2.24, 2.45) is 10.5 Å². The van der Waals surface area contributed by atoms with Gasteiger partial charge in [-0.3, -0.25) is 4.79 Å². The molecule has 0 saturated heterocycles. The van der Waals surface area contributed by atoms with Gasteiger partial charge in [0.25, 0.3) is 5.91 Å². The minimum atomic E-state index is -0.599. The summed E-state index contributed by atoms with van der Waals surface area (Å²) in [7, 11) is 0. The van der Waals surface area contributed by atoms with Crippen LogP contribution < -0.4 is 5.43 Å². The van der Waals surface area contributed by atoms with Gasteiger partial charge in [0, 0.05) is 0 Å². The summed E-state index contributed by atoms with van der Waals surface area (Å²) in [4.78, 5) is 11.3. The van der Waals surface area contributed by atoms with Crippen molar-refractivity contribution in [3.05, 3.63) is 24.2 Å². The SMILES string of the molecule is CC1(C)C(=O)NN=C1c1ccco1. The molecular formula is C9H10N2O2. The third kappa shape index (κ3) is 1.06. The number of amides is 1. The van der Waals surface area contributed by atoms with Crippen LogP contribution in [0.15, 0.2) is 27.9 Å². The number of hydrogen-bond acceptors (Lipinski definition) is 3. The van der Waals surface area contributed by atoms with Crippen LogP contribution in [-0.4, -0.2) is 11.6 Å². The number of carbonyl (C=O) groups excluding carboxylic acids is 1. The maximum absolute atomic E-state index is 11.3. The van der Waals surface area contributed by atoms with E-state index in [2.05, 4.69) is 10.5 Å². The molecule has 2 rings (SSSR count). The number of hydrogen-bond donors (Lipinski definition) is 1. The van der Waals surface area contributed by atoms with Crippen molar-refractivity contribution in [3.63, 3.8) is 0 Å². The maximum Gasteiger partial charge on any atom is 0.251 e. The lowest BCUT2D eigenvalue weighted by Crippen LogP contribution is -2.32. The van der Waals surface area contributed by atoms with E-state index in [0.717, 1.165) is 0 Å². The lowest BCUT2D eigenvalue weighted by molar-refractivity contribution is -0.125. The highest BCUT2D eigenvalue weighted by atomic mass is 16.3. The first-order valence-electron chi connectivity index (χ1n) is 4.05.